The maximum atomic E-state index is 13.1. The van der Waals surface area contributed by atoms with Crippen LogP contribution in [0.25, 0.3) is 10.8 Å². The van der Waals surface area contributed by atoms with Gasteiger partial charge in [-0.25, -0.2) is 4.68 Å². The van der Waals surface area contributed by atoms with E-state index in [1.165, 1.54) is 11.1 Å². The van der Waals surface area contributed by atoms with E-state index in [2.05, 4.69) is 5.10 Å². The Kier molecular flexibility index (Phi) is 4.69. The van der Waals surface area contributed by atoms with Gasteiger partial charge in [0.15, 0.2) is 5.69 Å². The van der Waals surface area contributed by atoms with Crippen LogP contribution in [-0.2, 0) is 6.54 Å². The zero-order chi connectivity index (χ0) is 17.3. The molecule has 1 aliphatic rings. The van der Waals surface area contributed by atoms with Crippen LogP contribution in [0.3, 0.4) is 0 Å². The highest BCUT2D eigenvalue weighted by molar-refractivity contribution is 6.04. The molecule has 1 aromatic carbocycles. The van der Waals surface area contributed by atoms with E-state index in [1.54, 1.807) is 6.07 Å². The van der Waals surface area contributed by atoms with Gasteiger partial charge in [-0.15, -0.1) is 0 Å². The second-order valence-corrected chi connectivity index (χ2v) is 6.95. The molecule has 1 aliphatic carbocycles. The first-order valence-electron chi connectivity index (χ1n) is 8.83. The molecule has 3 rings (SSSR count). The van der Waals surface area contributed by atoms with Gasteiger partial charge >= 0.3 is 0 Å². The molecule has 0 atom stereocenters. The van der Waals surface area contributed by atoms with Gasteiger partial charge in [-0.2, -0.15) is 5.10 Å². The second kappa shape index (κ2) is 6.75. The molecule has 0 spiro atoms. The molecule has 128 valence electrons. The van der Waals surface area contributed by atoms with Crippen LogP contribution < -0.4 is 5.56 Å². The van der Waals surface area contributed by atoms with Crippen LogP contribution >= 0.6 is 0 Å². The molecule has 1 heterocycles. The summed E-state index contributed by atoms with van der Waals surface area (Å²) in [6.07, 6.45) is 3.29. The normalized spacial score (nSPS) is 14.8. The van der Waals surface area contributed by atoms with Crippen molar-refractivity contribution in [2.75, 3.05) is 6.54 Å². The first-order chi connectivity index (χ1) is 11.5. The number of rotatable bonds is 5. The predicted molar refractivity (Wildman–Crippen MR) is 95.2 cm³/mol. The zero-order valence-corrected chi connectivity index (χ0v) is 14.7. The Morgan fingerprint density at radius 2 is 1.96 bits per heavy atom. The van der Waals surface area contributed by atoms with Gasteiger partial charge in [0.25, 0.3) is 11.5 Å². The van der Waals surface area contributed by atoms with Gasteiger partial charge in [-0.3, -0.25) is 9.59 Å². The van der Waals surface area contributed by atoms with Gasteiger partial charge in [-0.05, 0) is 38.2 Å². The van der Waals surface area contributed by atoms with Crippen molar-refractivity contribution in [3.8, 4) is 0 Å². The summed E-state index contributed by atoms with van der Waals surface area (Å²) < 4.78 is 1.45. The van der Waals surface area contributed by atoms with E-state index in [4.69, 9.17) is 0 Å². The van der Waals surface area contributed by atoms with E-state index >= 15 is 0 Å². The molecule has 5 nitrogen and oxygen atoms in total. The number of benzene rings is 1. The number of nitrogens with zero attached hydrogens (tertiary/aromatic N) is 3. The molecule has 1 saturated carbocycles. The molecule has 0 saturated heterocycles. The van der Waals surface area contributed by atoms with Crippen molar-refractivity contribution >= 4 is 16.7 Å². The molecule has 0 radical (unpaired) electrons. The van der Waals surface area contributed by atoms with Crippen molar-refractivity contribution in [2.45, 2.75) is 52.6 Å². The standard InChI is InChI=1S/C19H25N3O2/c1-4-21(14-8-7-9-14)19(24)17-15-10-5-6-11-16(15)18(23)22(20-17)12-13(2)3/h5-6,10-11,13-14H,4,7-9,12H2,1-3H3. The lowest BCUT2D eigenvalue weighted by molar-refractivity contribution is 0.0589. The lowest BCUT2D eigenvalue weighted by Gasteiger charge is -2.36. The summed E-state index contributed by atoms with van der Waals surface area (Å²) in [5.41, 5.74) is 0.280. The minimum Gasteiger partial charge on any atom is -0.335 e. The molecule has 2 aromatic rings. The van der Waals surface area contributed by atoms with Crippen molar-refractivity contribution < 1.29 is 4.79 Å². The van der Waals surface area contributed by atoms with Crippen LogP contribution in [-0.4, -0.2) is 33.2 Å². The third-order valence-corrected chi connectivity index (χ3v) is 4.73. The van der Waals surface area contributed by atoms with Crippen LogP contribution in [0.4, 0.5) is 0 Å². The van der Waals surface area contributed by atoms with Gasteiger partial charge in [-0.1, -0.05) is 32.0 Å². The molecule has 0 N–H and O–H groups in total. The monoisotopic (exact) mass is 327 g/mol. The number of hydrogen-bond donors (Lipinski definition) is 0. The molecular weight excluding hydrogens is 302 g/mol. The Balaban J connectivity index is 2.13. The van der Waals surface area contributed by atoms with E-state index in [0.29, 0.717) is 35.6 Å². The van der Waals surface area contributed by atoms with Crippen molar-refractivity contribution in [1.82, 2.24) is 14.7 Å². The Labute approximate surface area is 142 Å². The summed E-state index contributed by atoms with van der Waals surface area (Å²) in [5.74, 6) is 0.226. The quantitative estimate of drug-likeness (QED) is 0.848. The van der Waals surface area contributed by atoms with Crippen LogP contribution in [0.15, 0.2) is 29.1 Å². The SMILES string of the molecule is CCN(C(=O)c1nn(CC(C)C)c(=O)c2ccccc12)C1CCC1. The van der Waals surface area contributed by atoms with E-state index in [9.17, 15) is 9.59 Å². The minimum absolute atomic E-state index is 0.0593. The fraction of sp³-hybridized carbons (Fsp3) is 0.526. The number of carbonyl (C=O) groups is 1. The third kappa shape index (κ3) is 2.95. The highest BCUT2D eigenvalue weighted by atomic mass is 16.2. The van der Waals surface area contributed by atoms with Crippen LogP contribution in [0, 0.1) is 5.92 Å². The molecule has 0 unspecified atom stereocenters. The number of hydrogen-bond acceptors (Lipinski definition) is 3. The van der Waals surface area contributed by atoms with E-state index in [-0.39, 0.29) is 17.4 Å². The van der Waals surface area contributed by atoms with Crippen LogP contribution in [0.2, 0.25) is 0 Å². The lowest BCUT2D eigenvalue weighted by atomic mass is 9.91. The molecule has 24 heavy (non-hydrogen) atoms. The zero-order valence-electron chi connectivity index (χ0n) is 14.7. The predicted octanol–water partition coefficient (Wildman–Crippen LogP) is 3.07. The molecule has 0 bridgehead atoms. The summed E-state index contributed by atoms with van der Waals surface area (Å²) in [7, 11) is 0. The summed E-state index contributed by atoms with van der Waals surface area (Å²) in [5, 5.41) is 5.69. The van der Waals surface area contributed by atoms with Gasteiger partial charge < -0.3 is 4.90 Å². The molecule has 5 heteroatoms. The van der Waals surface area contributed by atoms with Crippen LogP contribution in [0.1, 0.15) is 50.5 Å². The van der Waals surface area contributed by atoms with Gasteiger partial charge in [0.1, 0.15) is 0 Å². The van der Waals surface area contributed by atoms with Crippen molar-refractivity contribution in [2.24, 2.45) is 5.92 Å². The summed E-state index contributed by atoms with van der Waals surface area (Å²) in [6, 6.07) is 7.61. The summed E-state index contributed by atoms with van der Waals surface area (Å²) in [4.78, 5) is 27.7. The Morgan fingerprint density at radius 3 is 2.50 bits per heavy atom. The Hall–Kier alpha value is -2.17. The number of aromatic nitrogens is 2. The van der Waals surface area contributed by atoms with Crippen molar-refractivity contribution in [1.29, 1.82) is 0 Å². The number of amides is 1. The fourth-order valence-electron chi connectivity index (χ4n) is 3.26. The Morgan fingerprint density at radius 1 is 1.29 bits per heavy atom. The summed E-state index contributed by atoms with van der Waals surface area (Å²) in [6.45, 7) is 7.26. The molecule has 1 amide bonds. The second-order valence-electron chi connectivity index (χ2n) is 6.95. The minimum atomic E-state index is -0.123. The van der Waals surface area contributed by atoms with Gasteiger partial charge in [0, 0.05) is 24.5 Å². The smallest absolute Gasteiger partial charge is 0.275 e. The average molecular weight is 327 g/mol. The molecule has 0 aliphatic heterocycles. The molecular formula is C19H25N3O2. The van der Waals surface area contributed by atoms with Gasteiger partial charge in [0.05, 0.1) is 5.39 Å². The third-order valence-electron chi connectivity index (χ3n) is 4.73. The number of carbonyl (C=O) groups excluding carboxylic acids is 1. The highest BCUT2D eigenvalue weighted by Gasteiger charge is 2.30. The van der Waals surface area contributed by atoms with E-state index in [0.717, 1.165) is 12.8 Å². The molecule has 1 fully saturated rings. The maximum Gasteiger partial charge on any atom is 0.275 e. The van der Waals surface area contributed by atoms with Crippen molar-refractivity contribution in [3.63, 3.8) is 0 Å². The fourth-order valence-corrected chi connectivity index (χ4v) is 3.26. The molecule has 1 aromatic heterocycles. The summed E-state index contributed by atoms with van der Waals surface area (Å²) >= 11 is 0. The average Bonchev–Trinajstić information content (AvgIpc) is 2.52. The van der Waals surface area contributed by atoms with Crippen LogP contribution in [0.5, 0.6) is 0 Å². The van der Waals surface area contributed by atoms with Gasteiger partial charge in [0.2, 0.25) is 0 Å². The van der Waals surface area contributed by atoms with E-state index < -0.39 is 0 Å². The highest BCUT2D eigenvalue weighted by Crippen LogP contribution is 2.26. The maximum absolute atomic E-state index is 13.1. The first kappa shape index (κ1) is 16.7. The van der Waals surface area contributed by atoms with Crippen molar-refractivity contribution in [3.05, 3.63) is 40.3 Å². The first-order valence-corrected chi connectivity index (χ1v) is 8.83. The van der Waals surface area contributed by atoms with E-state index in [1.807, 2.05) is 43.9 Å². The largest absolute Gasteiger partial charge is 0.335 e. The topological polar surface area (TPSA) is 55.2 Å². The Bertz CT molecular complexity index is 806. The number of fused-ring (bicyclic) bond motifs is 1. The lowest BCUT2D eigenvalue weighted by Crippen LogP contribution is -2.45.